The zero-order chi connectivity index (χ0) is 10.1. The van der Waals surface area contributed by atoms with Crippen molar-refractivity contribution in [2.24, 2.45) is 0 Å². The quantitative estimate of drug-likeness (QED) is 0.604. The van der Waals surface area contributed by atoms with Gasteiger partial charge in [-0.3, -0.25) is 4.40 Å². The summed E-state index contributed by atoms with van der Waals surface area (Å²) >= 11 is 0. The topological polar surface area (TPSA) is 69.4 Å². The monoisotopic (exact) mass is 192 g/mol. The van der Waals surface area contributed by atoms with E-state index in [0.29, 0.717) is 17.2 Å². The van der Waals surface area contributed by atoms with Gasteiger partial charge < -0.3 is 4.74 Å². The third-order valence-corrected chi connectivity index (χ3v) is 1.81. The van der Waals surface area contributed by atoms with Gasteiger partial charge in [-0.05, 0) is 13.0 Å². The van der Waals surface area contributed by atoms with Crippen molar-refractivity contribution >= 4 is 11.7 Å². The Morgan fingerprint density at radius 2 is 2.36 bits per heavy atom. The summed E-state index contributed by atoms with van der Waals surface area (Å²) in [5, 5.41) is 7.41. The number of esters is 1. The van der Waals surface area contributed by atoms with Crippen molar-refractivity contribution in [3.63, 3.8) is 0 Å². The molecule has 0 aliphatic rings. The number of fused-ring (bicyclic) bond motifs is 1. The van der Waals surface area contributed by atoms with E-state index in [1.165, 1.54) is 17.8 Å². The highest BCUT2D eigenvalue weighted by Gasteiger charge is 2.12. The molecule has 0 fully saturated rings. The summed E-state index contributed by atoms with van der Waals surface area (Å²) < 4.78 is 6.11. The Morgan fingerprint density at radius 3 is 3.07 bits per heavy atom. The lowest BCUT2D eigenvalue weighted by molar-refractivity contribution is 0.0592. The Bertz CT molecular complexity index is 491. The maximum atomic E-state index is 11.4. The highest BCUT2D eigenvalue weighted by Crippen LogP contribution is 2.06. The van der Waals surface area contributed by atoms with Crippen LogP contribution in [0.3, 0.4) is 0 Å². The molecule has 0 saturated heterocycles. The van der Waals surface area contributed by atoms with Crippen molar-refractivity contribution in [2.45, 2.75) is 6.92 Å². The molecule has 6 nitrogen and oxygen atoms in total. The van der Waals surface area contributed by atoms with E-state index >= 15 is 0 Å². The van der Waals surface area contributed by atoms with Crippen LogP contribution in [0.2, 0.25) is 0 Å². The Morgan fingerprint density at radius 1 is 1.57 bits per heavy atom. The van der Waals surface area contributed by atoms with Crippen molar-refractivity contribution in [3.8, 4) is 0 Å². The Balaban J connectivity index is 2.72. The zero-order valence-corrected chi connectivity index (χ0v) is 7.76. The van der Waals surface area contributed by atoms with Gasteiger partial charge in [0.05, 0.1) is 7.11 Å². The molecule has 0 aliphatic carbocycles. The molecular weight excluding hydrogens is 184 g/mol. The lowest BCUT2D eigenvalue weighted by Crippen LogP contribution is -2.09. The number of hydrogen-bond acceptors (Lipinski definition) is 5. The van der Waals surface area contributed by atoms with Gasteiger partial charge in [-0.25, -0.2) is 9.78 Å². The molecule has 0 unspecified atom stereocenters. The van der Waals surface area contributed by atoms with E-state index in [-0.39, 0.29) is 0 Å². The molecule has 2 heterocycles. The summed E-state index contributed by atoms with van der Waals surface area (Å²) in [6.45, 7) is 1.78. The molecule has 2 aromatic heterocycles. The third-order valence-electron chi connectivity index (χ3n) is 1.81. The summed E-state index contributed by atoms with van der Waals surface area (Å²) in [7, 11) is 1.33. The van der Waals surface area contributed by atoms with Crippen molar-refractivity contribution in [2.75, 3.05) is 7.11 Å². The number of carbonyl (C=O) groups excluding carboxylic acids is 1. The van der Waals surface area contributed by atoms with Gasteiger partial charge in [0.1, 0.15) is 12.0 Å². The molecule has 0 spiro atoms. The summed E-state index contributed by atoms with van der Waals surface area (Å²) in [5.41, 5.74) is 1.07. The fourth-order valence-corrected chi connectivity index (χ4v) is 1.19. The predicted molar refractivity (Wildman–Crippen MR) is 46.9 cm³/mol. The van der Waals surface area contributed by atoms with E-state index in [9.17, 15) is 4.79 Å². The second kappa shape index (κ2) is 3.06. The predicted octanol–water partition coefficient (Wildman–Crippen LogP) is 0.219. The minimum Gasteiger partial charge on any atom is -0.464 e. The van der Waals surface area contributed by atoms with Crippen LogP contribution < -0.4 is 0 Å². The minimum atomic E-state index is -0.430. The van der Waals surface area contributed by atoms with E-state index in [1.807, 2.05) is 0 Å². The summed E-state index contributed by atoms with van der Waals surface area (Å²) in [4.78, 5) is 15.4. The van der Waals surface area contributed by atoms with Gasteiger partial charge in [0.2, 0.25) is 0 Å². The smallest absolute Gasteiger partial charge is 0.355 e. The lowest BCUT2D eigenvalue weighted by Gasteiger charge is -2.02. The van der Waals surface area contributed by atoms with Crippen LogP contribution >= 0.6 is 0 Å². The van der Waals surface area contributed by atoms with Crippen molar-refractivity contribution in [3.05, 3.63) is 23.8 Å². The number of methoxy groups -OCH3 is 1. The Hall–Kier alpha value is -1.98. The molecule has 0 aliphatic heterocycles. The van der Waals surface area contributed by atoms with Crippen LogP contribution in [0.15, 0.2) is 12.4 Å². The van der Waals surface area contributed by atoms with Gasteiger partial charge in [-0.15, -0.1) is 10.2 Å². The molecule has 2 aromatic rings. The van der Waals surface area contributed by atoms with E-state index in [1.54, 1.807) is 13.0 Å². The SMILES string of the molecule is COC(=O)c1cc(C)nc2nncn12. The number of carbonyl (C=O) groups is 1. The molecule has 0 amide bonds. The molecule has 0 N–H and O–H groups in total. The van der Waals surface area contributed by atoms with Crippen LogP contribution in [0.5, 0.6) is 0 Å². The van der Waals surface area contributed by atoms with Gasteiger partial charge in [-0.1, -0.05) is 0 Å². The maximum Gasteiger partial charge on any atom is 0.355 e. The average Bonchev–Trinajstić information content (AvgIpc) is 2.62. The van der Waals surface area contributed by atoms with Crippen molar-refractivity contribution in [1.82, 2.24) is 19.6 Å². The first-order chi connectivity index (χ1) is 6.72. The number of aromatic nitrogens is 4. The summed E-state index contributed by atoms with van der Waals surface area (Å²) in [6, 6.07) is 1.63. The highest BCUT2D eigenvalue weighted by atomic mass is 16.5. The number of nitrogens with zero attached hydrogens (tertiary/aromatic N) is 4. The highest BCUT2D eigenvalue weighted by molar-refractivity contribution is 5.88. The second-order valence-corrected chi connectivity index (χ2v) is 2.78. The molecule has 6 heteroatoms. The minimum absolute atomic E-state index is 0.375. The third kappa shape index (κ3) is 1.20. The van der Waals surface area contributed by atoms with Crippen LogP contribution in [0.1, 0.15) is 16.2 Å². The van der Waals surface area contributed by atoms with Crippen LogP contribution in [0.4, 0.5) is 0 Å². The van der Waals surface area contributed by atoms with Gasteiger partial charge in [0, 0.05) is 5.69 Å². The fourth-order valence-electron chi connectivity index (χ4n) is 1.19. The maximum absolute atomic E-state index is 11.4. The van der Waals surface area contributed by atoms with Gasteiger partial charge in [-0.2, -0.15) is 0 Å². The molecule has 0 saturated carbocycles. The van der Waals surface area contributed by atoms with Gasteiger partial charge in [0.25, 0.3) is 5.78 Å². The molecule has 2 rings (SSSR count). The second-order valence-electron chi connectivity index (χ2n) is 2.78. The fraction of sp³-hybridized carbons (Fsp3) is 0.250. The molecular formula is C8H8N4O2. The largest absolute Gasteiger partial charge is 0.464 e. The molecule has 0 aromatic carbocycles. The number of ether oxygens (including phenoxy) is 1. The molecule has 14 heavy (non-hydrogen) atoms. The van der Waals surface area contributed by atoms with E-state index < -0.39 is 5.97 Å². The van der Waals surface area contributed by atoms with Crippen molar-refractivity contribution in [1.29, 1.82) is 0 Å². The summed E-state index contributed by atoms with van der Waals surface area (Å²) in [6.07, 6.45) is 1.42. The van der Waals surface area contributed by atoms with Crippen LogP contribution in [-0.2, 0) is 4.74 Å². The Kier molecular flexibility index (Phi) is 1.88. The van der Waals surface area contributed by atoms with Crippen molar-refractivity contribution < 1.29 is 9.53 Å². The van der Waals surface area contributed by atoms with E-state index in [2.05, 4.69) is 19.9 Å². The molecule has 0 atom stereocenters. The zero-order valence-electron chi connectivity index (χ0n) is 7.76. The number of hydrogen-bond donors (Lipinski definition) is 0. The van der Waals surface area contributed by atoms with Gasteiger partial charge >= 0.3 is 5.97 Å². The summed E-state index contributed by atoms with van der Waals surface area (Å²) in [5.74, 6) is -0.0364. The van der Waals surface area contributed by atoms with Crippen LogP contribution in [0.25, 0.3) is 5.78 Å². The Labute approximate surface area is 79.5 Å². The number of rotatable bonds is 1. The van der Waals surface area contributed by atoms with E-state index in [0.717, 1.165) is 0 Å². The molecule has 0 radical (unpaired) electrons. The first-order valence-corrected chi connectivity index (χ1v) is 3.98. The standard InChI is InChI=1S/C8H8N4O2/c1-5-3-6(7(13)14-2)12-4-9-11-8(12)10-5/h3-4H,1-2H3. The molecule has 72 valence electrons. The van der Waals surface area contributed by atoms with Crippen LogP contribution in [-0.4, -0.2) is 32.7 Å². The first kappa shape index (κ1) is 8.61. The average molecular weight is 192 g/mol. The molecule has 0 bridgehead atoms. The van der Waals surface area contributed by atoms with Crippen LogP contribution in [0, 0.1) is 6.92 Å². The van der Waals surface area contributed by atoms with E-state index in [4.69, 9.17) is 0 Å². The normalized spacial score (nSPS) is 10.4. The lowest BCUT2D eigenvalue weighted by atomic mass is 10.3. The first-order valence-electron chi connectivity index (χ1n) is 3.98. The van der Waals surface area contributed by atoms with Gasteiger partial charge in [0.15, 0.2) is 0 Å². The number of aryl methyl sites for hydroxylation is 1.